The van der Waals surface area contributed by atoms with Crippen LogP contribution in [-0.2, 0) is 4.74 Å². The Labute approximate surface area is 105 Å². The lowest BCUT2D eigenvalue weighted by atomic mass is 10.1. The third-order valence-electron chi connectivity index (χ3n) is 2.86. The molecule has 2 heterocycles. The van der Waals surface area contributed by atoms with Crippen molar-refractivity contribution in [3.05, 3.63) is 16.5 Å². The summed E-state index contributed by atoms with van der Waals surface area (Å²) in [7, 11) is 1.94. The Kier molecular flexibility index (Phi) is 3.52. The third-order valence-corrected chi connectivity index (χ3v) is 3.31. The molecule has 88 valence electrons. The largest absolute Gasteiger partial charge is 0.376 e. The Hall–Kier alpha value is -0.580. The van der Waals surface area contributed by atoms with Crippen LogP contribution in [0.2, 0.25) is 10.3 Å². The molecule has 1 saturated heterocycles. The molecule has 0 radical (unpaired) electrons. The van der Waals surface area contributed by atoms with Crippen molar-refractivity contribution in [1.29, 1.82) is 0 Å². The van der Waals surface area contributed by atoms with Gasteiger partial charge in [0.05, 0.1) is 18.3 Å². The van der Waals surface area contributed by atoms with E-state index >= 15 is 0 Å². The minimum absolute atomic E-state index is 0.176. The zero-order chi connectivity index (χ0) is 11.7. The van der Waals surface area contributed by atoms with Crippen molar-refractivity contribution < 1.29 is 4.74 Å². The predicted octanol–water partition coefficient (Wildman–Crippen LogP) is 2.40. The Morgan fingerprint density at radius 2 is 2.25 bits per heavy atom. The van der Waals surface area contributed by atoms with E-state index in [9.17, 15) is 0 Å². The van der Waals surface area contributed by atoms with Crippen LogP contribution in [0.25, 0.3) is 0 Å². The van der Waals surface area contributed by atoms with Crippen LogP contribution in [0.1, 0.15) is 13.3 Å². The molecule has 0 saturated carbocycles. The zero-order valence-corrected chi connectivity index (χ0v) is 10.7. The summed E-state index contributed by atoms with van der Waals surface area (Å²) in [6.07, 6.45) is 2.66. The molecule has 0 N–H and O–H groups in total. The van der Waals surface area contributed by atoms with Gasteiger partial charge in [-0.15, -0.1) is 0 Å². The number of halogens is 2. The lowest BCUT2D eigenvalue weighted by Gasteiger charge is -2.28. The first-order valence-corrected chi connectivity index (χ1v) is 5.87. The number of aromatic nitrogens is 2. The lowest BCUT2D eigenvalue weighted by Crippen LogP contribution is -2.37. The van der Waals surface area contributed by atoms with Crippen LogP contribution in [0.5, 0.6) is 0 Å². The summed E-state index contributed by atoms with van der Waals surface area (Å²) < 4.78 is 5.52. The molecule has 0 amide bonds. The molecule has 0 spiro atoms. The summed E-state index contributed by atoms with van der Waals surface area (Å²) in [5.74, 6) is 0.656. The predicted molar refractivity (Wildman–Crippen MR) is 64.3 cm³/mol. The van der Waals surface area contributed by atoms with Crippen molar-refractivity contribution in [3.8, 4) is 0 Å². The second-order valence-electron chi connectivity index (χ2n) is 3.85. The molecule has 6 heteroatoms. The molecule has 16 heavy (non-hydrogen) atoms. The molecule has 2 atom stereocenters. The molecule has 4 nitrogen and oxygen atoms in total. The highest BCUT2D eigenvalue weighted by Gasteiger charge is 2.29. The molecule has 1 fully saturated rings. The van der Waals surface area contributed by atoms with Crippen LogP contribution in [0.3, 0.4) is 0 Å². The van der Waals surface area contributed by atoms with E-state index < -0.39 is 0 Å². The molecular weight excluding hydrogens is 249 g/mol. The van der Waals surface area contributed by atoms with Gasteiger partial charge in [0.2, 0.25) is 5.28 Å². The van der Waals surface area contributed by atoms with Crippen LogP contribution in [-0.4, -0.2) is 35.8 Å². The van der Waals surface area contributed by atoms with Crippen molar-refractivity contribution in [2.24, 2.45) is 0 Å². The Balaban J connectivity index is 2.25. The maximum atomic E-state index is 6.05. The van der Waals surface area contributed by atoms with Crippen molar-refractivity contribution in [3.63, 3.8) is 0 Å². The average molecular weight is 262 g/mol. The standard InChI is InChI=1S/C10H13Cl2N3O/c1-6-8(3-4-16-6)15(2)9-7(11)5-13-10(12)14-9/h5-6,8H,3-4H2,1-2H3. The topological polar surface area (TPSA) is 38.2 Å². The number of anilines is 1. The van der Waals surface area contributed by atoms with Gasteiger partial charge in [-0.25, -0.2) is 4.98 Å². The molecule has 1 aromatic heterocycles. The van der Waals surface area contributed by atoms with Gasteiger partial charge in [-0.05, 0) is 24.9 Å². The Morgan fingerprint density at radius 3 is 2.88 bits per heavy atom. The van der Waals surface area contributed by atoms with Crippen molar-refractivity contribution in [2.45, 2.75) is 25.5 Å². The number of nitrogens with zero attached hydrogens (tertiary/aromatic N) is 3. The highest BCUT2D eigenvalue weighted by Crippen LogP contribution is 2.28. The molecule has 1 aromatic rings. The average Bonchev–Trinajstić information content (AvgIpc) is 2.67. The van der Waals surface area contributed by atoms with Crippen LogP contribution in [0.4, 0.5) is 5.82 Å². The van der Waals surface area contributed by atoms with E-state index in [-0.39, 0.29) is 17.4 Å². The van der Waals surface area contributed by atoms with E-state index in [0.29, 0.717) is 10.8 Å². The highest BCUT2D eigenvalue weighted by atomic mass is 35.5. The second kappa shape index (κ2) is 4.73. The van der Waals surface area contributed by atoms with Gasteiger partial charge in [0.25, 0.3) is 0 Å². The van der Waals surface area contributed by atoms with Crippen LogP contribution < -0.4 is 4.90 Å². The fraction of sp³-hybridized carbons (Fsp3) is 0.600. The first-order valence-electron chi connectivity index (χ1n) is 5.12. The Bertz CT molecular complexity index is 388. The quantitative estimate of drug-likeness (QED) is 0.767. The second-order valence-corrected chi connectivity index (χ2v) is 4.60. The normalized spacial score (nSPS) is 24.8. The molecular formula is C10H13Cl2N3O. The van der Waals surface area contributed by atoms with Gasteiger partial charge < -0.3 is 9.64 Å². The minimum Gasteiger partial charge on any atom is -0.376 e. The number of ether oxygens (including phenoxy) is 1. The summed E-state index contributed by atoms with van der Waals surface area (Å²) >= 11 is 11.8. The number of hydrogen-bond donors (Lipinski definition) is 0. The number of likely N-dealkylation sites (N-methyl/N-ethyl adjacent to an activating group) is 1. The molecule has 1 aliphatic rings. The maximum absolute atomic E-state index is 6.05. The van der Waals surface area contributed by atoms with Crippen molar-refractivity contribution in [1.82, 2.24) is 9.97 Å². The zero-order valence-electron chi connectivity index (χ0n) is 9.15. The van der Waals surface area contributed by atoms with Crippen LogP contribution >= 0.6 is 23.2 Å². The summed E-state index contributed by atoms with van der Waals surface area (Å²) in [5, 5.41) is 0.712. The summed E-state index contributed by atoms with van der Waals surface area (Å²) in [6, 6.07) is 0.281. The smallest absolute Gasteiger partial charge is 0.224 e. The van der Waals surface area contributed by atoms with Gasteiger partial charge in [0, 0.05) is 13.7 Å². The molecule has 2 rings (SSSR count). The van der Waals surface area contributed by atoms with Crippen molar-refractivity contribution in [2.75, 3.05) is 18.6 Å². The van der Waals surface area contributed by atoms with Gasteiger partial charge in [-0.1, -0.05) is 11.6 Å². The molecule has 1 aliphatic heterocycles. The fourth-order valence-electron chi connectivity index (χ4n) is 1.97. The van der Waals surface area contributed by atoms with E-state index in [1.807, 2.05) is 18.9 Å². The SMILES string of the molecule is CC1OCCC1N(C)c1nc(Cl)ncc1Cl. The molecule has 2 unspecified atom stereocenters. The fourth-order valence-corrected chi connectivity index (χ4v) is 2.32. The monoisotopic (exact) mass is 261 g/mol. The van der Waals surface area contributed by atoms with Gasteiger partial charge in [-0.2, -0.15) is 4.98 Å². The van der Waals surface area contributed by atoms with Gasteiger partial charge in [0.15, 0.2) is 5.82 Å². The first kappa shape index (κ1) is 11.9. The van der Waals surface area contributed by atoms with E-state index in [2.05, 4.69) is 9.97 Å². The lowest BCUT2D eigenvalue weighted by molar-refractivity contribution is 0.118. The number of rotatable bonds is 2. The van der Waals surface area contributed by atoms with E-state index in [1.54, 1.807) is 0 Å². The third kappa shape index (κ3) is 2.24. The number of hydrogen-bond acceptors (Lipinski definition) is 4. The van der Waals surface area contributed by atoms with Crippen LogP contribution in [0, 0.1) is 0 Å². The molecule has 0 bridgehead atoms. The van der Waals surface area contributed by atoms with Gasteiger partial charge in [0.1, 0.15) is 5.02 Å². The molecule has 0 aromatic carbocycles. The summed E-state index contributed by atoms with van der Waals surface area (Å²) in [6.45, 7) is 2.82. The maximum Gasteiger partial charge on any atom is 0.224 e. The minimum atomic E-state index is 0.176. The van der Waals surface area contributed by atoms with Crippen LogP contribution in [0.15, 0.2) is 6.20 Å². The first-order chi connectivity index (χ1) is 7.59. The Morgan fingerprint density at radius 1 is 1.50 bits per heavy atom. The van der Waals surface area contributed by atoms with E-state index in [0.717, 1.165) is 13.0 Å². The van der Waals surface area contributed by atoms with Gasteiger partial charge in [-0.3, -0.25) is 0 Å². The highest BCUT2D eigenvalue weighted by molar-refractivity contribution is 6.33. The van der Waals surface area contributed by atoms with Crippen molar-refractivity contribution >= 4 is 29.0 Å². The molecule has 0 aliphatic carbocycles. The van der Waals surface area contributed by atoms with Gasteiger partial charge >= 0.3 is 0 Å². The van der Waals surface area contributed by atoms with E-state index in [1.165, 1.54) is 6.20 Å². The summed E-state index contributed by atoms with van der Waals surface area (Å²) in [5.41, 5.74) is 0. The van der Waals surface area contributed by atoms with E-state index in [4.69, 9.17) is 27.9 Å². The summed E-state index contributed by atoms with van der Waals surface area (Å²) in [4.78, 5) is 9.98.